The molecule has 116 valence electrons. The zero-order chi connectivity index (χ0) is 16.1. The first kappa shape index (κ1) is 15.8. The van der Waals surface area contributed by atoms with Gasteiger partial charge in [0.1, 0.15) is 0 Å². The second-order valence-corrected chi connectivity index (χ2v) is 6.68. The number of rotatable bonds is 5. The lowest BCUT2D eigenvalue weighted by Gasteiger charge is -2.04. The number of hydrogen-bond acceptors (Lipinski definition) is 2. The van der Waals surface area contributed by atoms with E-state index in [0.717, 1.165) is 32.3 Å². The Morgan fingerprint density at radius 1 is 0.957 bits per heavy atom. The van der Waals surface area contributed by atoms with Gasteiger partial charge in [-0.2, -0.15) is 0 Å². The summed E-state index contributed by atoms with van der Waals surface area (Å²) in [5.74, 6) is -0.0221. The van der Waals surface area contributed by atoms with Gasteiger partial charge < -0.3 is 5.32 Å². The maximum absolute atomic E-state index is 12.2. The Hall–Kier alpha value is -2.10. The number of halogens is 1. The second kappa shape index (κ2) is 7.44. The lowest BCUT2D eigenvalue weighted by atomic mass is 10.1. The van der Waals surface area contributed by atoms with E-state index >= 15 is 0 Å². The molecule has 1 amide bonds. The van der Waals surface area contributed by atoms with Crippen LogP contribution in [0.4, 0.5) is 0 Å². The molecule has 2 aromatic carbocycles. The fourth-order valence-electron chi connectivity index (χ4n) is 2.28. The van der Waals surface area contributed by atoms with Gasteiger partial charge >= 0.3 is 0 Å². The third kappa shape index (κ3) is 4.21. The van der Waals surface area contributed by atoms with Crippen molar-refractivity contribution in [2.75, 3.05) is 6.54 Å². The number of benzene rings is 2. The summed E-state index contributed by atoms with van der Waals surface area (Å²) in [4.78, 5) is 14.1. The van der Waals surface area contributed by atoms with E-state index in [1.165, 1.54) is 11.3 Å². The minimum atomic E-state index is -0.0221. The first-order valence-corrected chi connectivity index (χ1v) is 8.60. The molecule has 4 heteroatoms. The van der Waals surface area contributed by atoms with Crippen molar-refractivity contribution in [3.8, 4) is 10.4 Å². The Morgan fingerprint density at radius 3 is 2.43 bits per heavy atom. The highest BCUT2D eigenvalue weighted by molar-refractivity contribution is 7.17. The molecule has 0 aliphatic rings. The van der Waals surface area contributed by atoms with Crippen molar-refractivity contribution in [1.29, 1.82) is 0 Å². The Morgan fingerprint density at radius 2 is 1.70 bits per heavy atom. The van der Waals surface area contributed by atoms with Gasteiger partial charge in [0.15, 0.2) is 0 Å². The van der Waals surface area contributed by atoms with Crippen molar-refractivity contribution in [2.24, 2.45) is 0 Å². The zero-order valence-electron chi connectivity index (χ0n) is 12.5. The highest BCUT2D eigenvalue weighted by Crippen LogP contribution is 2.27. The van der Waals surface area contributed by atoms with Crippen LogP contribution in [0.1, 0.15) is 15.2 Å². The normalized spacial score (nSPS) is 10.5. The van der Waals surface area contributed by atoms with Gasteiger partial charge in [-0.25, -0.2) is 0 Å². The molecule has 0 aliphatic heterocycles. The van der Waals surface area contributed by atoms with Gasteiger partial charge in [0.2, 0.25) is 0 Å². The Kier molecular flexibility index (Phi) is 5.11. The molecule has 0 saturated heterocycles. The average molecular weight is 342 g/mol. The Balaban J connectivity index is 1.56. The minimum absolute atomic E-state index is 0.0221. The molecule has 3 aromatic rings. The SMILES string of the molecule is O=C(NCCc1ccc(Cl)cc1)c1ccc(-c2ccccc2)s1. The van der Waals surface area contributed by atoms with Crippen LogP contribution in [0.15, 0.2) is 66.7 Å². The summed E-state index contributed by atoms with van der Waals surface area (Å²) in [6.07, 6.45) is 0.791. The second-order valence-electron chi connectivity index (χ2n) is 5.16. The largest absolute Gasteiger partial charge is 0.351 e. The number of amides is 1. The zero-order valence-corrected chi connectivity index (χ0v) is 14.0. The predicted molar refractivity (Wildman–Crippen MR) is 97.2 cm³/mol. The van der Waals surface area contributed by atoms with E-state index in [1.54, 1.807) is 0 Å². The fraction of sp³-hybridized carbons (Fsp3) is 0.105. The van der Waals surface area contributed by atoms with Crippen LogP contribution < -0.4 is 5.32 Å². The maximum Gasteiger partial charge on any atom is 0.261 e. The van der Waals surface area contributed by atoms with Crippen LogP contribution in [0, 0.1) is 0 Å². The smallest absolute Gasteiger partial charge is 0.261 e. The molecule has 2 nitrogen and oxygen atoms in total. The van der Waals surface area contributed by atoms with Crippen molar-refractivity contribution in [3.63, 3.8) is 0 Å². The van der Waals surface area contributed by atoms with E-state index < -0.39 is 0 Å². The van der Waals surface area contributed by atoms with Crippen molar-refractivity contribution < 1.29 is 4.79 Å². The van der Waals surface area contributed by atoms with Crippen LogP contribution in [0.2, 0.25) is 5.02 Å². The van der Waals surface area contributed by atoms with Crippen LogP contribution in [0.3, 0.4) is 0 Å². The third-order valence-corrected chi connectivity index (χ3v) is 4.89. The van der Waals surface area contributed by atoms with E-state index in [0.29, 0.717) is 6.54 Å². The maximum atomic E-state index is 12.2. The molecule has 0 saturated carbocycles. The Labute approximate surface area is 144 Å². The summed E-state index contributed by atoms with van der Waals surface area (Å²) < 4.78 is 0. The standard InChI is InChI=1S/C19H16ClNOS/c20-16-8-6-14(7-9-16)12-13-21-19(22)18-11-10-17(23-18)15-4-2-1-3-5-15/h1-11H,12-13H2,(H,21,22). The van der Waals surface area contributed by atoms with Crippen molar-refractivity contribution >= 4 is 28.8 Å². The van der Waals surface area contributed by atoms with Crippen LogP contribution in [0.25, 0.3) is 10.4 Å². The highest BCUT2D eigenvalue weighted by atomic mass is 35.5. The van der Waals surface area contributed by atoms with Gasteiger partial charge in [-0.15, -0.1) is 11.3 Å². The first-order chi connectivity index (χ1) is 11.2. The minimum Gasteiger partial charge on any atom is -0.351 e. The summed E-state index contributed by atoms with van der Waals surface area (Å²) in [6.45, 7) is 0.610. The molecular formula is C19H16ClNOS. The predicted octanol–water partition coefficient (Wildman–Crippen LogP) is 5.04. The van der Waals surface area contributed by atoms with Crippen LogP contribution in [-0.2, 0) is 6.42 Å². The van der Waals surface area contributed by atoms with Gasteiger partial charge in [-0.3, -0.25) is 4.79 Å². The molecule has 0 fully saturated rings. The van der Waals surface area contributed by atoms with E-state index in [-0.39, 0.29) is 5.91 Å². The van der Waals surface area contributed by atoms with Gasteiger partial charge in [0, 0.05) is 16.4 Å². The number of thiophene rings is 1. The lowest BCUT2D eigenvalue weighted by molar-refractivity contribution is 0.0958. The van der Waals surface area contributed by atoms with Crippen LogP contribution in [-0.4, -0.2) is 12.5 Å². The van der Waals surface area contributed by atoms with E-state index in [1.807, 2.05) is 66.7 Å². The topological polar surface area (TPSA) is 29.1 Å². The highest BCUT2D eigenvalue weighted by Gasteiger charge is 2.09. The van der Waals surface area contributed by atoms with Crippen LogP contribution >= 0.6 is 22.9 Å². The monoisotopic (exact) mass is 341 g/mol. The third-order valence-electron chi connectivity index (χ3n) is 3.50. The number of nitrogens with one attached hydrogen (secondary N) is 1. The molecule has 0 atom stereocenters. The van der Waals surface area contributed by atoms with Gasteiger partial charge in [-0.05, 0) is 41.8 Å². The average Bonchev–Trinajstić information content (AvgIpc) is 3.07. The van der Waals surface area contributed by atoms with E-state index in [4.69, 9.17) is 11.6 Å². The van der Waals surface area contributed by atoms with Crippen molar-refractivity contribution in [2.45, 2.75) is 6.42 Å². The molecular weight excluding hydrogens is 326 g/mol. The van der Waals surface area contributed by atoms with Crippen molar-refractivity contribution in [3.05, 3.63) is 82.2 Å². The molecule has 0 aliphatic carbocycles. The molecule has 1 heterocycles. The number of hydrogen-bond donors (Lipinski definition) is 1. The summed E-state index contributed by atoms with van der Waals surface area (Å²) in [5, 5.41) is 3.69. The number of carbonyl (C=O) groups is 1. The Bertz CT molecular complexity index is 781. The summed E-state index contributed by atoms with van der Waals surface area (Å²) in [5.41, 5.74) is 2.29. The summed E-state index contributed by atoms with van der Waals surface area (Å²) >= 11 is 7.37. The molecule has 0 radical (unpaired) electrons. The fourth-order valence-corrected chi connectivity index (χ4v) is 3.33. The van der Waals surface area contributed by atoms with E-state index in [2.05, 4.69) is 5.32 Å². The lowest BCUT2D eigenvalue weighted by Crippen LogP contribution is -2.24. The van der Waals surface area contributed by atoms with Gasteiger partial charge in [0.05, 0.1) is 4.88 Å². The quantitative estimate of drug-likeness (QED) is 0.692. The first-order valence-electron chi connectivity index (χ1n) is 7.40. The van der Waals surface area contributed by atoms with Crippen LogP contribution in [0.5, 0.6) is 0 Å². The molecule has 23 heavy (non-hydrogen) atoms. The van der Waals surface area contributed by atoms with Crippen molar-refractivity contribution in [1.82, 2.24) is 5.32 Å². The molecule has 1 aromatic heterocycles. The molecule has 0 spiro atoms. The number of carbonyl (C=O) groups excluding carboxylic acids is 1. The molecule has 0 bridgehead atoms. The van der Waals surface area contributed by atoms with Gasteiger partial charge in [-0.1, -0.05) is 54.1 Å². The molecule has 1 N–H and O–H groups in total. The molecule has 3 rings (SSSR count). The summed E-state index contributed by atoms with van der Waals surface area (Å²) in [7, 11) is 0. The molecule has 0 unspecified atom stereocenters. The summed E-state index contributed by atoms with van der Waals surface area (Å²) in [6, 6.07) is 21.7. The van der Waals surface area contributed by atoms with Gasteiger partial charge in [0.25, 0.3) is 5.91 Å². The van der Waals surface area contributed by atoms with E-state index in [9.17, 15) is 4.79 Å².